The highest BCUT2D eigenvalue weighted by Crippen LogP contribution is 2.32. The monoisotopic (exact) mass is 724 g/mol. The first-order valence-electron chi connectivity index (χ1n) is 18.7. The van der Waals surface area contributed by atoms with Crippen LogP contribution >= 0.6 is 0 Å². The van der Waals surface area contributed by atoms with Crippen molar-refractivity contribution in [2.24, 2.45) is 17.6 Å². The third-order valence-corrected chi connectivity index (χ3v) is 10.2. The summed E-state index contributed by atoms with van der Waals surface area (Å²) in [5, 5.41) is 10.5. The van der Waals surface area contributed by atoms with Crippen LogP contribution in [0.1, 0.15) is 110 Å². The molecule has 0 spiro atoms. The van der Waals surface area contributed by atoms with E-state index in [4.69, 9.17) is 10.5 Å². The zero-order valence-corrected chi connectivity index (χ0v) is 30.9. The van der Waals surface area contributed by atoms with Crippen LogP contribution in [0.4, 0.5) is 0 Å². The SMILES string of the molecule is CCC(NC(=O)[C@@H]1C[C@@H](OC(C)(C)C)CN1C(=O)[C@@H](NC(=O)C1CCCC1)C1CCCCC1)C(=O)C(=O)NCC(=O)N[C@H](C(N)=O)c1ccccc1. The van der Waals surface area contributed by atoms with Gasteiger partial charge in [-0.2, -0.15) is 0 Å². The van der Waals surface area contributed by atoms with Crippen LogP contribution in [0.2, 0.25) is 0 Å². The maximum atomic E-state index is 14.5. The number of benzene rings is 1. The van der Waals surface area contributed by atoms with E-state index in [2.05, 4.69) is 21.3 Å². The van der Waals surface area contributed by atoms with Gasteiger partial charge in [-0.3, -0.25) is 33.6 Å². The van der Waals surface area contributed by atoms with Crippen LogP contribution in [0.15, 0.2) is 30.3 Å². The first kappa shape index (κ1) is 40.4. The minimum atomic E-state index is -1.24. The van der Waals surface area contributed by atoms with Gasteiger partial charge in [-0.15, -0.1) is 0 Å². The van der Waals surface area contributed by atoms with Crippen LogP contribution in [0.5, 0.6) is 0 Å². The highest BCUT2D eigenvalue weighted by Gasteiger charge is 2.46. The summed E-state index contributed by atoms with van der Waals surface area (Å²) in [7, 11) is 0. The molecule has 1 heterocycles. The Hall–Kier alpha value is -4.33. The molecule has 5 atom stereocenters. The number of ether oxygens (including phenoxy) is 1. The number of hydrogen-bond acceptors (Lipinski definition) is 8. The molecule has 2 saturated carbocycles. The molecule has 14 nitrogen and oxygen atoms in total. The first-order chi connectivity index (χ1) is 24.7. The van der Waals surface area contributed by atoms with Gasteiger partial charge in [-0.25, -0.2) is 0 Å². The number of hydrogen-bond donors (Lipinski definition) is 5. The lowest BCUT2D eigenvalue weighted by Crippen LogP contribution is -2.58. The van der Waals surface area contributed by atoms with Gasteiger partial charge < -0.3 is 36.6 Å². The maximum Gasteiger partial charge on any atom is 0.290 e. The van der Waals surface area contributed by atoms with Crippen LogP contribution in [0.25, 0.3) is 0 Å². The molecule has 0 aromatic heterocycles. The van der Waals surface area contributed by atoms with Crippen molar-refractivity contribution in [2.45, 2.75) is 134 Å². The van der Waals surface area contributed by atoms with Gasteiger partial charge in [0.2, 0.25) is 35.3 Å². The highest BCUT2D eigenvalue weighted by molar-refractivity contribution is 6.38. The van der Waals surface area contributed by atoms with Crippen molar-refractivity contribution >= 4 is 41.2 Å². The van der Waals surface area contributed by atoms with E-state index in [-0.39, 0.29) is 43.0 Å². The van der Waals surface area contributed by atoms with Gasteiger partial charge in [0.1, 0.15) is 18.1 Å². The summed E-state index contributed by atoms with van der Waals surface area (Å²) < 4.78 is 6.23. The molecule has 0 radical (unpaired) electrons. The zero-order valence-electron chi connectivity index (χ0n) is 30.9. The second-order valence-electron chi connectivity index (χ2n) is 15.3. The van der Waals surface area contributed by atoms with E-state index in [1.807, 2.05) is 20.8 Å². The average molecular weight is 725 g/mol. The molecule has 6 amide bonds. The van der Waals surface area contributed by atoms with E-state index in [0.717, 1.165) is 57.8 Å². The topological polar surface area (TPSA) is 206 Å². The predicted molar refractivity (Wildman–Crippen MR) is 192 cm³/mol. The quantitative estimate of drug-likeness (QED) is 0.169. The number of carbonyl (C=O) groups excluding carboxylic acids is 7. The number of nitrogens with two attached hydrogens (primary N) is 1. The molecule has 52 heavy (non-hydrogen) atoms. The fraction of sp³-hybridized carbons (Fsp3) is 0.658. The molecule has 1 aromatic carbocycles. The van der Waals surface area contributed by atoms with Crippen molar-refractivity contribution in [3.05, 3.63) is 35.9 Å². The lowest BCUT2D eigenvalue weighted by atomic mass is 9.83. The number of nitrogens with one attached hydrogen (secondary N) is 4. The highest BCUT2D eigenvalue weighted by atomic mass is 16.5. The number of Topliss-reactive ketones (excluding diaryl/α,β-unsaturated/α-hetero) is 1. The van der Waals surface area contributed by atoms with Gasteiger partial charge in [-0.1, -0.05) is 69.4 Å². The van der Waals surface area contributed by atoms with E-state index < -0.39 is 71.8 Å². The fourth-order valence-electron chi connectivity index (χ4n) is 7.56. The molecular formula is C38H56N6O8. The predicted octanol–water partition coefficient (Wildman–Crippen LogP) is 1.95. The lowest BCUT2D eigenvalue weighted by molar-refractivity contribution is -0.145. The molecule has 0 bridgehead atoms. The fourth-order valence-corrected chi connectivity index (χ4v) is 7.56. The Bertz CT molecular complexity index is 1450. The van der Waals surface area contributed by atoms with Crippen molar-refractivity contribution < 1.29 is 38.3 Å². The lowest BCUT2D eigenvalue weighted by Gasteiger charge is -2.35. The van der Waals surface area contributed by atoms with Crippen LogP contribution in [0, 0.1) is 11.8 Å². The molecule has 3 aliphatic rings. The third-order valence-electron chi connectivity index (χ3n) is 10.2. The molecule has 4 rings (SSSR count). The van der Waals surface area contributed by atoms with E-state index >= 15 is 0 Å². The minimum absolute atomic E-state index is 0.0605. The van der Waals surface area contributed by atoms with Gasteiger partial charge in [0.25, 0.3) is 5.91 Å². The van der Waals surface area contributed by atoms with Gasteiger partial charge >= 0.3 is 0 Å². The number of ketones is 1. The van der Waals surface area contributed by atoms with E-state index in [0.29, 0.717) is 5.56 Å². The normalized spacial score (nSPS) is 21.4. The zero-order chi connectivity index (χ0) is 38.0. The molecule has 3 fully saturated rings. The molecule has 6 N–H and O–H groups in total. The minimum Gasteiger partial charge on any atom is -0.371 e. The van der Waals surface area contributed by atoms with Crippen LogP contribution < -0.4 is 27.0 Å². The Morgan fingerprint density at radius 2 is 1.50 bits per heavy atom. The molecule has 1 aromatic rings. The first-order valence-corrected chi connectivity index (χ1v) is 18.7. The van der Waals surface area contributed by atoms with Crippen LogP contribution in [-0.4, -0.2) is 89.0 Å². The Kier molecular flexibility index (Phi) is 14.3. The van der Waals surface area contributed by atoms with Crippen molar-refractivity contribution in [1.29, 1.82) is 0 Å². The Balaban J connectivity index is 1.44. The maximum absolute atomic E-state index is 14.5. The van der Waals surface area contributed by atoms with E-state index in [9.17, 15) is 33.6 Å². The number of primary amides is 1. The molecule has 1 aliphatic heterocycles. The Morgan fingerprint density at radius 1 is 0.865 bits per heavy atom. The largest absolute Gasteiger partial charge is 0.371 e. The van der Waals surface area contributed by atoms with Gasteiger partial charge in [0.05, 0.1) is 24.3 Å². The smallest absolute Gasteiger partial charge is 0.290 e. The van der Waals surface area contributed by atoms with E-state index in [1.54, 1.807) is 37.3 Å². The number of nitrogens with zero attached hydrogens (tertiary/aromatic N) is 1. The standard InChI is InChI=1S/C38H56N6O8/c1-5-27(32(46)36(50)40-21-29(45)42-30(33(39)47)23-14-8-6-9-15-23)41-35(49)28-20-26(52-38(2,3)4)22-44(28)37(51)31(24-16-10-7-11-17-24)43-34(48)25-18-12-13-19-25/h6,8-9,14-15,24-28,30-31H,5,7,10-13,16-22H2,1-4H3,(H2,39,47)(H,40,50)(H,41,49)(H,42,45)(H,43,48)/t26-,27?,28+,30+,31+/m1/s1. The molecule has 1 unspecified atom stereocenters. The van der Waals surface area contributed by atoms with Crippen molar-refractivity contribution in [3.8, 4) is 0 Å². The Morgan fingerprint density at radius 3 is 2.10 bits per heavy atom. The third kappa shape index (κ3) is 11.1. The number of rotatable bonds is 15. The number of amides is 6. The number of carbonyl (C=O) groups is 7. The number of likely N-dealkylation sites (tertiary alicyclic amines) is 1. The molecule has 14 heteroatoms. The van der Waals surface area contributed by atoms with Crippen molar-refractivity contribution in [3.63, 3.8) is 0 Å². The summed E-state index contributed by atoms with van der Waals surface area (Å²) >= 11 is 0. The summed E-state index contributed by atoms with van der Waals surface area (Å²) in [6, 6.07) is 4.16. The van der Waals surface area contributed by atoms with Gasteiger partial charge in [0.15, 0.2) is 0 Å². The second-order valence-corrected chi connectivity index (χ2v) is 15.3. The summed E-state index contributed by atoms with van der Waals surface area (Å²) in [5.74, 6) is -4.88. The summed E-state index contributed by atoms with van der Waals surface area (Å²) in [6.07, 6.45) is 7.86. The molecule has 286 valence electrons. The van der Waals surface area contributed by atoms with Crippen LogP contribution in [0.3, 0.4) is 0 Å². The van der Waals surface area contributed by atoms with Crippen molar-refractivity contribution in [1.82, 2.24) is 26.2 Å². The van der Waals surface area contributed by atoms with E-state index in [1.165, 1.54) is 4.90 Å². The summed E-state index contributed by atoms with van der Waals surface area (Å²) in [4.78, 5) is 93.9. The summed E-state index contributed by atoms with van der Waals surface area (Å²) in [5.41, 5.74) is 5.35. The Labute approximate surface area is 306 Å². The van der Waals surface area contributed by atoms with Gasteiger partial charge in [-0.05, 0) is 64.4 Å². The summed E-state index contributed by atoms with van der Waals surface area (Å²) in [6.45, 7) is 6.81. The van der Waals surface area contributed by atoms with Gasteiger partial charge in [0, 0.05) is 18.9 Å². The second kappa shape index (κ2) is 18.4. The van der Waals surface area contributed by atoms with Crippen LogP contribution in [-0.2, 0) is 38.3 Å². The molecule has 1 saturated heterocycles. The van der Waals surface area contributed by atoms with Crippen molar-refractivity contribution in [2.75, 3.05) is 13.1 Å². The average Bonchev–Trinajstić information content (AvgIpc) is 3.81. The molecular weight excluding hydrogens is 668 g/mol. The molecule has 2 aliphatic carbocycles.